The first-order valence-electron chi connectivity index (χ1n) is 6.33. The van der Waals surface area contributed by atoms with Gasteiger partial charge in [0, 0.05) is 17.9 Å². The Bertz CT molecular complexity index is 555. The van der Waals surface area contributed by atoms with Crippen molar-refractivity contribution in [1.82, 2.24) is 24.9 Å². The Morgan fingerprint density at radius 1 is 1.33 bits per heavy atom. The average Bonchev–Trinajstić information content (AvgIpc) is 2.73. The summed E-state index contributed by atoms with van der Waals surface area (Å²) in [5.74, 6) is 1.70. The molecule has 0 saturated carbocycles. The van der Waals surface area contributed by atoms with Gasteiger partial charge in [-0.15, -0.1) is 10.2 Å². The lowest BCUT2D eigenvalue weighted by Gasteiger charge is -2.35. The first-order valence-corrected chi connectivity index (χ1v) is 6.33. The molecule has 0 amide bonds. The van der Waals surface area contributed by atoms with E-state index in [1.165, 1.54) is 0 Å². The largest absolute Gasteiger partial charge is 0.362 e. The minimum Gasteiger partial charge on any atom is -0.362 e. The summed E-state index contributed by atoms with van der Waals surface area (Å²) >= 11 is 0. The van der Waals surface area contributed by atoms with Crippen molar-refractivity contribution in [3.05, 3.63) is 18.2 Å². The summed E-state index contributed by atoms with van der Waals surface area (Å²) in [5, 5.41) is 15.2. The van der Waals surface area contributed by atoms with E-state index in [0.29, 0.717) is 0 Å². The summed E-state index contributed by atoms with van der Waals surface area (Å²) in [6, 6.07) is 0. The smallest absolute Gasteiger partial charge is 0.203 e. The third kappa shape index (κ3) is 1.92. The number of nitrogens with one attached hydrogen (secondary N) is 2. The van der Waals surface area contributed by atoms with Crippen LogP contribution in [0.3, 0.4) is 0 Å². The minimum absolute atomic E-state index is 0.0833. The third-order valence-corrected chi connectivity index (χ3v) is 3.62. The van der Waals surface area contributed by atoms with Gasteiger partial charge in [0.25, 0.3) is 0 Å². The van der Waals surface area contributed by atoms with Gasteiger partial charge in [-0.05, 0) is 39.8 Å². The van der Waals surface area contributed by atoms with Crippen molar-refractivity contribution in [1.29, 1.82) is 0 Å². The molecule has 1 aliphatic rings. The van der Waals surface area contributed by atoms with E-state index in [2.05, 4.69) is 32.7 Å². The maximum Gasteiger partial charge on any atom is 0.203 e. The van der Waals surface area contributed by atoms with Crippen molar-refractivity contribution >= 4 is 11.5 Å². The van der Waals surface area contributed by atoms with Gasteiger partial charge in [-0.3, -0.25) is 4.40 Å². The van der Waals surface area contributed by atoms with Crippen LogP contribution in [0, 0.1) is 6.92 Å². The Balaban J connectivity index is 1.94. The van der Waals surface area contributed by atoms with Gasteiger partial charge >= 0.3 is 0 Å². The van der Waals surface area contributed by atoms with E-state index < -0.39 is 0 Å². The summed E-state index contributed by atoms with van der Waals surface area (Å²) in [4.78, 5) is 4.40. The Morgan fingerprint density at radius 3 is 2.89 bits per heavy atom. The van der Waals surface area contributed by atoms with E-state index in [1.54, 1.807) is 6.20 Å². The van der Waals surface area contributed by atoms with E-state index in [1.807, 2.05) is 17.5 Å². The lowest BCUT2D eigenvalue weighted by atomic mass is 9.91. The number of aromatic nitrogens is 4. The number of aryl methyl sites for hydroxylation is 1. The van der Waals surface area contributed by atoms with E-state index in [9.17, 15) is 0 Å². The summed E-state index contributed by atoms with van der Waals surface area (Å²) in [6.07, 6.45) is 5.85. The van der Waals surface area contributed by atoms with Gasteiger partial charge in [0.05, 0.1) is 0 Å². The monoisotopic (exact) mass is 246 g/mol. The van der Waals surface area contributed by atoms with Crippen LogP contribution in [0.1, 0.15) is 25.6 Å². The predicted octanol–water partition coefficient (Wildman–Crippen LogP) is 0.987. The fourth-order valence-electron chi connectivity index (χ4n) is 2.42. The zero-order valence-electron chi connectivity index (χ0n) is 10.8. The minimum atomic E-state index is 0.0833. The van der Waals surface area contributed by atoms with Crippen molar-refractivity contribution in [3.63, 3.8) is 0 Å². The molecule has 18 heavy (non-hydrogen) atoms. The maximum absolute atomic E-state index is 4.40. The molecule has 0 aliphatic carbocycles. The number of nitrogens with zero attached hydrogens (tertiary/aromatic N) is 4. The van der Waals surface area contributed by atoms with Gasteiger partial charge in [0.1, 0.15) is 5.82 Å². The summed E-state index contributed by atoms with van der Waals surface area (Å²) < 4.78 is 1.96. The van der Waals surface area contributed by atoms with Crippen molar-refractivity contribution < 1.29 is 0 Å². The molecule has 0 atom stereocenters. The molecule has 0 bridgehead atoms. The molecule has 0 spiro atoms. The number of hydrogen-bond donors (Lipinski definition) is 2. The van der Waals surface area contributed by atoms with Crippen LogP contribution in [0.2, 0.25) is 0 Å². The number of rotatable bonds is 2. The van der Waals surface area contributed by atoms with Gasteiger partial charge in [0.15, 0.2) is 5.82 Å². The standard InChI is InChI=1S/C12H18N6/c1-9-16-17-11-10(14-7-8-18(9)11)15-12(2)3-5-13-6-4-12/h7-8,13H,3-6H2,1-2H3,(H,14,15). The maximum atomic E-state index is 4.40. The molecule has 1 aliphatic heterocycles. The molecule has 6 nitrogen and oxygen atoms in total. The molecular formula is C12H18N6. The highest BCUT2D eigenvalue weighted by Crippen LogP contribution is 2.24. The van der Waals surface area contributed by atoms with Crippen molar-refractivity contribution in [3.8, 4) is 0 Å². The topological polar surface area (TPSA) is 67.1 Å². The zero-order chi connectivity index (χ0) is 12.6. The van der Waals surface area contributed by atoms with Crippen LogP contribution in [0.5, 0.6) is 0 Å². The van der Waals surface area contributed by atoms with E-state index >= 15 is 0 Å². The fourth-order valence-corrected chi connectivity index (χ4v) is 2.42. The molecule has 6 heteroatoms. The first kappa shape index (κ1) is 11.4. The highest BCUT2D eigenvalue weighted by Gasteiger charge is 2.27. The molecule has 2 aromatic rings. The lowest BCUT2D eigenvalue weighted by molar-refractivity contribution is 0.364. The van der Waals surface area contributed by atoms with Gasteiger partial charge in [0.2, 0.25) is 5.65 Å². The fraction of sp³-hybridized carbons (Fsp3) is 0.583. The van der Waals surface area contributed by atoms with E-state index in [4.69, 9.17) is 0 Å². The summed E-state index contributed by atoms with van der Waals surface area (Å²) in [5.41, 5.74) is 0.884. The molecule has 3 heterocycles. The number of fused-ring (bicyclic) bond motifs is 1. The molecule has 2 aromatic heterocycles. The van der Waals surface area contributed by atoms with Crippen LogP contribution < -0.4 is 10.6 Å². The predicted molar refractivity (Wildman–Crippen MR) is 69.7 cm³/mol. The van der Waals surface area contributed by atoms with Crippen molar-refractivity contribution in [2.24, 2.45) is 0 Å². The van der Waals surface area contributed by atoms with Crippen molar-refractivity contribution in [2.75, 3.05) is 18.4 Å². The van der Waals surface area contributed by atoms with Crippen LogP contribution in [0.25, 0.3) is 5.65 Å². The first-order chi connectivity index (χ1) is 8.68. The Labute approximate surface area is 106 Å². The number of hydrogen-bond acceptors (Lipinski definition) is 5. The van der Waals surface area contributed by atoms with E-state index in [-0.39, 0.29) is 5.54 Å². The Morgan fingerprint density at radius 2 is 2.11 bits per heavy atom. The highest BCUT2D eigenvalue weighted by molar-refractivity contribution is 5.63. The molecule has 2 N–H and O–H groups in total. The molecule has 1 saturated heterocycles. The molecule has 0 aromatic carbocycles. The molecule has 96 valence electrons. The second kappa shape index (κ2) is 4.20. The van der Waals surface area contributed by atoms with Crippen LogP contribution in [0.15, 0.2) is 12.4 Å². The number of piperidine rings is 1. The molecule has 0 radical (unpaired) electrons. The molecule has 3 rings (SSSR count). The third-order valence-electron chi connectivity index (χ3n) is 3.62. The second-order valence-electron chi connectivity index (χ2n) is 5.15. The molecule has 0 unspecified atom stereocenters. The molecule has 1 fully saturated rings. The van der Waals surface area contributed by atoms with Crippen LogP contribution in [-0.2, 0) is 0 Å². The lowest BCUT2D eigenvalue weighted by Crippen LogP contribution is -2.45. The van der Waals surface area contributed by atoms with Gasteiger partial charge < -0.3 is 10.6 Å². The normalized spacial score (nSPS) is 19.0. The molecular weight excluding hydrogens is 228 g/mol. The Kier molecular flexibility index (Phi) is 2.66. The van der Waals surface area contributed by atoms with Crippen LogP contribution >= 0.6 is 0 Å². The highest BCUT2D eigenvalue weighted by atomic mass is 15.3. The van der Waals surface area contributed by atoms with E-state index in [0.717, 1.165) is 43.2 Å². The SMILES string of the molecule is Cc1nnc2c(NC3(C)CCNCC3)nccn12. The average molecular weight is 246 g/mol. The van der Waals surface area contributed by atoms with Gasteiger partial charge in [-0.2, -0.15) is 0 Å². The van der Waals surface area contributed by atoms with Crippen LogP contribution in [0.4, 0.5) is 5.82 Å². The van der Waals surface area contributed by atoms with Crippen LogP contribution in [-0.4, -0.2) is 38.2 Å². The zero-order valence-corrected chi connectivity index (χ0v) is 10.8. The summed E-state index contributed by atoms with van der Waals surface area (Å²) in [6.45, 7) is 6.26. The Hall–Kier alpha value is -1.69. The summed E-state index contributed by atoms with van der Waals surface area (Å²) in [7, 11) is 0. The van der Waals surface area contributed by atoms with Gasteiger partial charge in [-0.25, -0.2) is 4.98 Å². The quantitative estimate of drug-likeness (QED) is 0.827. The van der Waals surface area contributed by atoms with Crippen molar-refractivity contribution in [2.45, 2.75) is 32.2 Å². The number of anilines is 1. The van der Waals surface area contributed by atoms with Gasteiger partial charge in [-0.1, -0.05) is 0 Å². The second-order valence-corrected chi connectivity index (χ2v) is 5.15.